The number of hydrogen-bond acceptors (Lipinski definition) is 5. The van der Waals surface area contributed by atoms with Crippen LogP contribution in [0.1, 0.15) is 21.5 Å². The van der Waals surface area contributed by atoms with Gasteiger partial charge in [0.2, 0.25) is 0 Å². The Morgan fingerprint density at radius 1 is 1.15 bits per heavy atom. The smallest absolute Gasteiger partial charge is 0.335 e. The Balaban J connectivity index is 2.29. The topological polar surface area (TPSA) is 99.1 Å². The number of halogens is 2. The number of benzene rings is 2. The highest BCUT2D eigenvalue weighted by Crippen LogP contribution is 2.22. The average molecular weight is 380 g/mol. The number of carboxylic acids is 1. The largest absolute Gasteiger partial charge is 0.497 e. The molecular weight excluding hydrogens is 362 g/mol. The van der Waals surface area contributed by atoms with Crippen molar-refractivity contribution in [1.29, 1.82) is 0 Å². The summed E-state index contributed by atoms with van der Waals surface area (Å²) >= 11 is 0. The predicted molar refractivity (Wildman–Crippen MR) is 90.4 cm³/mol. The molecule has 0 spiro atoms. The first-order valence-corrected chi connectivity index (χ1v) is 7.83. The number of carbonyl (C=O) groups is 2. The Morgan fingerprint density at radius 2 is 1.81 bits per heavy atom. The molecule has 0 radical (unpaired) electrons. The van der Waals surface area contributed by atoms with Gasteiger partial charge in [0, 0.05) is 30.8 Å². The van der Waals surface area contributed by atoms with E-state index in [9.17, 15) is 18.4 Å². The van der Waals surface area contributed by atoms with Gasteiger partial charge in [-0.25, -0.2) is 19.1 Å². The number of rotatable bonds is 8. The van der Waals surface area contributed by atoms with Crippen LogP contribution in [0.2, 0.25) is 0 Å². The zero-order chi connectivity index (χ0) is 20.0. The lowest BCUT2D eigenvalue weighted by molar-refractivity contribution is -0.130. The number of carbonyl (C=O) groups excluding carboxylic acids is 1. The highest BCUT2D eigenvalue weighted by molar-refractivity contribution is 5.87. The maximum Gasteiger partial charge on any atom is 0.335 e. The number of nitrogens with zero attached hydrogens (tertiary/aromatic N) is 1. The van der Waals surface area contributed by atoms with Crippen LogP contribution in [0.3, 0.4) is 0 Å². The molecule has 0 aliphatic rings. The molecule has 3 N–H and O–H groups in total. The summed E-state index contributed by atoms with van der Waals surface area (Å²) in [4.78, 5) is 24.0. The van der Waals surface area contributed by atoms with Crippen molar-refractivity contribution in [2.45, 2.75) is 13.1 Å². The van der Waals surface area contributed by atoms with E-state index in [-0.39, 0.29) is 36.5 Å². The fourth-order valence-corrected chi connectivity index (χ4v) is 2.54. The molecule has 144 valence electrons. The van der Waals surface area contributed by atoms with Crippen LogP contribution in [-0.2, 0) is 17.9 Å². The molecule has 0 atom stereocenters. The third kappa shape index (κ3) is 5.47. The Bertz CT molecular complexity index is 821. The number of amides is 1. The molecule has 0 aliphatic heterocycles. The molecular formula is C18H18F2N2O5. The normalized spacial score (nSPS) is 10.7. The van der Waals surface area contributed by atoms with Gasteiger partial charge in [-0.15, -0.1) is 0 Å². The fraction of sp³-hybridized carbons (Fsp3) is 0.222. The first kappa shape index (κ1) is 20.3. The first-order valence-electron chi connectivity index (χ1n) is 7.83. The highest BCUT2D eigenvalue weighted by Gasteiger charge is 2.18. The number of hydrogen-bond donors (Lipinski definition) is 3. The fourth-order valence-electron chi connectivity index (χ4n) is 2.54. The van der Waals surface area contributed by atoms with E-state index >= 15 is 0 Å². The van der Waals surface area contributed by atoms with Gasteiger partial charge in [-0.3, -0.25) is 14.9 Å². The van der Waals surface area contributed by atoms with Crippen LogP contribution in [0.25, 0.3) is 0 Å². The molecule has 0 aromatic heterocycles. The summed E-state index contributed by atoms with van der Waals surface area (Å²) in [5.41, 5.74) is 1.75. The Morgan fingerprint density at radius 3 is 2.37 bits per heavy atom. The van der Waals surface area contributed by atoms with E-state index in [1.54, 1.807) is 6.07 Å². The third-order valence-electron chi connectivity index (χ3n) is 3.80. The van der Waals surface area contributed by atoms with Crippen LogP contribution < -0.4 is 10.2 Å². The van der Waals surface area contributed by atoms with Gasteiger partial charge in [0.25, 0.3) is 5.91 Å². The predicted octanol–water partition coefficient (Wildman–Crippen LogP) is 2.18. The molecule has 2 rings (SSSR count). The first-order chi connectivity index (χ1) is 12.8. The SMILES string of the molecule is COc1cc(F)c(CN(CC(=O)NO)Cc2cccc(C(=O)O)c2)c(F)c1. The lowest BCUT2D eigenvalue weighted by Crippen LogP contribution is -2.35. The average Bonchev–Trinajstić information content (AvgIpc) is 2.64. The highest BCUT2D eigenvalue weighted by atomic mass is 19.1. The second-order valence-electron chi connectivity index (χ2n) is 5.76. The van der Waals surface area contributed by atoms with Crippen LogP contribution >= 0.6 is 0 Å². The second-order valence-corrected chi connectivity index (χ2v) is 5.76. The van der Waals surface area contributed by atoms with Crippen molar-refractivity contribution in [3.8, 4) is 5.75 Å². The summed E-state index contributed by atoms with van der Waals surface area (Å²) in [5.74, 6) is -3.58. The molecule has 7 nitrogen and oxygen atoms in total. The maximum absolute atomic E-state index is 14.2. The minimum absolute atomic E-state index is 0.0163. The molecule has 0 unspecified atom stereocenters. The number of methoxy groups -OCH3 is 1. The summed E-state index contributed by atoms with van der Waals surface area (Å²) in [6.45, 7) is -0.620. The summed E-state index contributed by atoms with van der Waals surface area (Å²) in [6, 6.07) is 7.99. The van der Waals surface area contributed by atoms with Gasteiger partial charge >= 0.3 is 5.97 Å². The van der Waals surface area contributed by atoms with E-state index in [4.69, 9.17) is 15.1 Å². The molecule has 1 amide bonds. The van der Waals surface area contributed by atoms with Gasteiger partial charge in [-0.05, 0) is 17.7 Å². The standard InChI is InChI=1S/C18H18F2N2O5/c1-27-13-6-15(19)14(16(20)7-13)9-22(10-17(23)21-26)8-11-3-2-4-12(5-11)18(24)25/h2-7,26H,8-10H2,1H3,(H,21,23)(H,24,25). The van der Waals surface area contributed by atoms with Crippen molar-refractivity contribution in [3.05, 3.63) is 64.7 Å². The molecule has 27 heavy (non-hydrogen) atoms. The van der Waals surface area contributed by atoms with E-state index in [0.29, 0.717) is 5.56 Å². The van der Waals surface area contributed by atoms with Crippen molar-refractivity contribution in [2.75, 3.05) is 13.7 Å². The van der Waals surface area contributed by atoms with Gasteiger partial charge in [-0.1, -0.05) is 12.1 Å². The Hall–Kier alpha value is -3.04. The van der Waals surface area contributed by atoms with Crippen LogP contribution in [0, 0.1) is 11.6 Å². The molecule has 0 heterocycles. The molecule has 9 heteroatoms. The van der Waals surface area contributed by atoms with Crippen molar-refractivity contribution in [1.82, 2.24) is 10.4 Å². The van der Waals surface area contributed by atoms with Crippen molar-refractivity contribution < 1.29 is 33.4 Å². The van der Waals surface area contributed by atoms with Crippen molar-refractivity contribution in [3.63, 3.8) is 0 Å². The van der Waals surface area contributed by atoms with E-state index in [1.165, 1.54) is 35.7 Å². The lowest BCUT2D eigenvalue weighted by atomic mass is 10.1. The maximum atomic E-state index is 14.2. The van der Waals surface area contributed by atoms with Gasteiger partial charge in [0.05, 0.1) is 19.2 Å². The van der Waals surface area contributed by atoms with E-state index in [2.05, 4.69) is 0 Å². The summed E-state index contributed by atoms with van der Waals surface area (Å²) in [5, 5.41) is 17.8. The van der Waals surface area contributed by atoms with Crippen LogP contribution in [-0.4, -0.2) is 40.7 Å². The third-order valence-corrected chi connectivity index (χ3v) is 3.80. The number of ether oxygens (including phenoxy) is 1. The number of carboxylic acid groups (broad SMARTS) is 1. The zero-order valence-corrected chi connectivity index (χ0v) is 14.4. The van der Waals surface area contributed by atoms with E-state index in [0.717, 1.165) is 12.1 Å². The van der Waals surface area contributed by atoms with Crippen molar-refractivity contribution >= 4 is 11.9 Å². The van der Waals surface area contributed by atoms with Gasteiger partial charge in [0.1, 0.15) is 17.4 Å². The molecule has 0 aliphatic carbocycles. The Labute approximate surface area is 153 Å². The molecule has 0 bridgehead atoms. The van der Waals surface area contributed by atoms with Gasteiger partial charge in [-0.2, -0.15) is 0 Å². The minimum Gasteiger partial charge on any atom is -0.497 e. The molecule has 2 aromatic rings. The molecule has 0 saturated carbocycles. The molecule has 0 fully saturated rings. The summed E-state index contributed by atoms with van der Waals surface area (Å²) in [6.07, 6.45) is 0. The summed E-state index contributed by atoms with van der Waals surface area (Å²) in [7, 11) is 1.28. The number of nitrogens with one attached hydrogen (secondary N) is 1. The molecule has 0 saturated heterocycles. The van der Waals surface area contributed by atoms with Gasteiger partial charge < -0.3 is 9.84 Å². The van der Waals surface area contributed by atoms with Crippen LogP contribution in [0.5, 0.6) is 5.75 Å². The van der Waals surface area contributed by atoms with Gasteiger partial charge in [0.15, 0.2) is 0 Å². The minimum atomic E-state index is -1.12. The van der Waals surface area contributed by atoms with Crippen LogP contribution in [0.4, 0.5) is 8.78 Å². The lowest BCUT2D eigenvalue weighted by Gasteiger charge is -2.22. The monoisotopic (exact) mass is 380 g/mol. The van der Waals surface area contributed by atoms with Crippen molar-refractivity contribution in [2.24, 2.45) is 0 Å². The number of hydroxylamine groups is 1. The second kappa shape index (κ2) is 9.06. The summed E-state index contributed by atoms with van der Waals surface area (Å²) < 4.78 is 33.2. The molecule has 2 aromatic carbocycles. The quantitative estimate of drug-likeness (QED) is 0.480. The Kier molecular flexibility index (Phi) is 6.80. The van der Waals surface area contributed by atoms with E-state index < -0.39 is 23.5 Å². The zero-order valence-electron chi connectivity index (χ0n) is 14.4. The number of aromatic carboxylic acids is 1. The van der Waals surface area contributed by atoms with Crippen LogP contribution in [0.15, 0.2) is 36.4 Å². The van der Waals surface area contributed by atoms with E-state index in [1.807, 2.05) is 0 Å².